The van der Waals surface area contributed by atoms with Crippen LogP contribution in [0, 0.1) is 5.82 Å². The van der Waals surface area contributed by atoms with Gasteiger partial charge in [-0.2, -0.15) is 0 Å². The largest absolute Gasteiger partial charge is 0.505 e. The van der Waals surface area contributed by atoms with Crippen LogP contribution in [0.2, 0.25) is 0 Å². The first-order chi connectivity index (χ1) is 8.01. The molecule has 0 N–H and O–H groups in total. The first kappa shape index (κ1) is 14.3. The SMILES string of the molecule is CO[Si](Cc1cccc(F)c1)(OC)OC(C)C. The number of hydrogen-bond donors (Lipinski definition) is 0. The lowest BCUT2D eigenvalue weighted by molar-refractivity contribution is 0.0691. The molecular weight excluding hydrogens is 239 g/mol. The molecule has 96 valence electrons. The summed E-state index contributed by atoms with van der Waals surface area (Å²) in [5.41, 5.74) is 0.820. The summed E-state index contributed by atoms with van der Waals surface area (Å²) in [4.78, 5) is 0. The molecule has 0 aromatic heterocycles. The van der Waals surface area contributed by atoms with E-state index in [1.165, 1.54) is 12.1 Å². The van der Waals surface area contributed by atoms with E-state index < -0.39 is 8.80 Å². The zero-order chi connectivity index (χ0) is 12.9. The third kappa shape index (κ3) is 4.20. The van der Waals surface area contributed by atoms with E-state index in [2.05, 4.69) is 0 Å². The summed E-state index contributed by atoms with van der Waals surface area (Å²) in [5.74, 6) is -0.262. The van der Waals surface area contributed by atoms with Gasteiger partial charge in [0.05, 0.1) is 0 Å². The minimum atomic E-state index is -2.74. The number of benzene rings is 1. The van der Waals surface area contributed by atoms with Gasteiger partial charge in [-0.3, -0.25) is 0 Å². The summed E-state index contributed by atoms with van der Waals surface area (Å²) in [6.07, 6.45) is 0.00938. The van der Waals surface area contributed by atoms with Gasteiger partial charge in [0.15, 0.2) is 0 Å². The minimum absolute atomic E-state index is 0.00938. The molecule has 0 fully saturated rings. The Morgan fingerprint density at radius 1 is 1.24 bits per heavy atom. The molecule has 0 aliphatic carbocycles. The van der Waals surface area contributed by atoms with Crippen molar-refractivity contribution in [3.63, 3.8) is 0 Å². The molecular formula is C12H19FO3Si. The predicted molar refractivity (Wildman–Crippen MR) is 66.1 cm³/mol. The standard InChI is InChI=1S/C12H19FO3Si/c1-10(2)16-17(14-3,15-4)9-11-6-5-7-12(13)8-11/h5-8,10H,9H2,1-4H3. The number of halogens is 1. The number of rotatable bonds is 6. The molecule has 0 aliphatic rings. The van der Waals surface area contributed by atoms with E-state index in [4.69, 9.17) is 13.3 Å². The quantitative estimate of drug-likeness (QED) is 0.734. The molecule has 0 spiro atoms. The molecule has 0 unspecified atom stereocenters. The number of hydrogen-bond acceptors (Lipinski definition) is 3. The minimum Gasteiger partial charge on any atom is -0.377 e. The van der Waals surface area contributed by atoms with Gasteiger partial charge in [-0.25, -0.2) is 4.39 Å². The average Bonchev–Trinajstić information content (AvgIpc) is 2.27. The van der Waals surface area contributed by atoms with Crippen LogP contribution in [0.4, 0.5) is 4.39 Å². The maximum absolute atomic E-state index is 13.1. The van der Waals surface area contributed by atoms with E-state index >= 15 is 0 Å². The van der Waals surface area contributed by atoms with Crippen LogP contribution in [0.5, 0.6) is 0 Å². The van der Waals surface area contributed by atoms with Crippen LogP contribution < -0.4 is 0 Å². The van der Waals surface area contributed by atoms with Crippen molar-refractivity contribution in [1.29, 1.82) is 0 Å². The second-order valence-corrected chi connectivity index (χ2v) is 6.84. The van der Waals surface area contributed by atoms with Crippen molar-refractivity contribution >= 4 is 8.80 Å². The third-order valence-electron chi connectivity index (χ3n) is 2.35. The van der Waals surface area contributed by atoms with Gasteiger partial charge < -0.3 is 13.3 Å². The molecule has 3 nitrogen and oxygen atoms in total. The fourth-order valence-corrected chi connectivity index (χ4v) is 3.79. The molecule has 0 saturated heterocycles. The smallest absolute Gasteiger partial charge is 0.377 e. The second kappa shape index (κ2) is 6.25. The Bertz CT molecular complexity index is 353. The van der Waals surface area contributed by atoms with Gasteiger partial charge in [0.1, 0.15) is 5.82 Å². The Hall–Kier alpha value is -0.753. The van der Waals surface area contributed by atoms with E-state index in [1.807, 2.05) is 19.9 Å². The van der Waals surface area contributed by atoms with Gasteiger partial charge in [-0.15, -0.1) is 0 Å². The highest BCUT2D eigenvalue weighted by atomic mass is 28.4. The maximum Gasteiger partial charge on any atom is 0.505 e. The van der Waals surface area contributed by atoms with Crippen molar-refractivity contribution in [2.75, 3.05) is 14.2 Å². The molecule has 17 heavy (non-hydrogen) atoms. The Morgan fingerprint density at radius 2 is 1.88 bits per heavy atom. The average molecular weight is 258 g/mol. The van der Waals surface area contributed by atoms with Gasteiger partial charge in [-0.05, 0) is 31.5 Å². The third-order valence-corrected chi connectivity index (χ3v) is 5.26. The molecule has 1 aromatic rings. The highest BCUT2D eigenvalue weighted by molar-refractivity contribution is 6.60. The van der Waals surface area contributed by atoms with Crippen LogP contribution in [0.15, 0.2) is 24.3 Å². The molecule has 0 amide bonds. The first-order valence-electron chi connectivity index (χ1n) is 5.54. The normalized spacial score (nSPS) is 12.1. The van der Waals surface area contributed by atoms with Crippen LogP contribution in [0.3, 0.4) is 0 Å². The first-order valence-corrected chi connectivity index (χ1v) is 7.47. The van der Waals surface area contributed by atoms with E-state index in [1.54, 1.807) is 20.3 Å². The van der Waals surface area contributed by atoms with Gasteiger partial charge in [0, 0.05) is 26.4 Å². The van der Waals surface area contributed by atoms with Gasteiger partial charge in [0.25, 0.3) is 0 Å². The summed E-state index contributed by atoms with van der Waals surface area (Å²) in [6, 6.07) is 6.87. The van der Waals surface area contributed by atoms with Crippen molar-refractivity contribution in [1.82, 2.24) is 0 Å². The summed E-state index contributed by atoms with van der Waals surface area (Å²) in [7, 11) is 0.397. The molecule has 5 heteroatoms. The van der Waals surface area contributed by atoms with Crippen LogP contribution in [-0.4, -0.2) is 29.1 Å². The Kier molecular flexibility index (Phi) is 5.26. The van der Waals surface area contributed by atoms with E-state index in [0.29, 0.717) is 6.04 Å². The van der Waals surface area contributed by atoms with Crippen molar-refractivity contribution in [2.45, 2.75) is 26.0 Å². The Morgan fingerprint density at radius 3 is 2.35 bits per heavy atom. The Labute approximate surface area is 103 Å². The molecule has 0 bridgehead atoms. The lowest BCUT2D eigenvalue weighted by atomic mass is 10.2. The topological polar surface area (TPSA) is 27.7 Å². The van der Waals surface area contributed by atoms with E-state index in [-0.39, 0.29) is 11.9 Å². The van der Waals surface area contributed by atoms with Crippen molar-refractivity contribution in [2.24, 2.45) is 0 Å². The summed E-state index contributed by atoms with van der Waals surface area (Å²) in [6.45, 7) is 3.84. The highest BCUT2D eigenvalue weighted by Gasteiger charge is 2.40. The molecule has 0 heterocycles. The lowest BCUT2D eigenvalue weighted by Crippen LogP contribution is -2.48. The van der Waals surface area contributed by atoms with Crippen molar-refractivity contribution in [3.05, 3.63) is 35.6 Å². The summed E-state index contributed by atoms with van der Waals surface area (Å²) >= 11 is 0. The lowest BCUT2D eigenvalue weighted by Gasteiger charge is -2.28. The monoisotopic (exact) mass is 258 g/mol. The maximum atomic E-state index is 13.1. The van der Waals surface area contributed by atoms with Crippen molar-refractivity contribution in [3.8, 4) is 0 Å². The molecule has 0 saturated carbocycles. The van der Waals surface area contributed by atoms with Crippen LogP contribution in [0.1, 0.15) is 19.4 Å². The molecule has 1 rings (SSSR count). The molecule has 1 aromatic carbocycles. The molecule has 0 aliphatic heterocycles. The fraction of sp³-hybridized carbons (Fsp3) is 0.500. The predicted octanol–water partition coefficient (Wildman–Crippen LogP) is 2.56. The van der Waals surface area contributed by atoms with Crippen molar-refractivity contribution < 1.29 is 17.7 Å². The summed E-state index contributed by atoms with van der Waals surface area (Å²) < 4.78 is 29.7. The zero-order valence-electron chi connectivity index (χ0n) is 10.7. The van der Waals surface area contributed by atoms with Gasteiger partial charge >= 0.3 is 8.80 Å². The van der Waals surface area contributed by atoms with E-state index in [9.17, 15) is 4.39 Å². The van der Waals surface area contributed by atoms with Gasteiger partial charge in [0.2, 0.25) is 0 Å². The fourth-order valence-electron chi connectivity index (χ4n) is 1.62. The summed E-state index contributed by atoms with van der Waals surface area (Å²) in [5, 5.41) is 0. The second-order valence-electron chi connectivity index (χ2n) is 4.06. The van der Waals surface area contributed by atoms with Crippen LogP contribution in [-0.2, 0) is 19.3 Å². The van der Waals surface area contributed by atoms with E-state index in [0.717, 1.165) is 5.56 Å². The van der Waals surface area contributed by atoms with Gasteiger partial charge in [-0.1, -0.05) is 12.1 Å². The molecule has 0 radical (unpaired) electrons. The Balaban J connectivity index is 2.85. The van der Waals surface area contributed by atoms with Crippen LogP contribution in [0.25, 0.3) is 0 Å². The van der Waals surface area contributed by atoms with Crippen LogP contribution >= 0.6 is 0 Å². The molecule has 0 atom stereocenters. The highest BCUT2D eigenvalue weighted by Crippen LogP contribution is 2.17. The zero-order valence-corrected chi connectivity index (χ0v) is 11.7.